The molecule has 0 saturated heterocycles. The summed E-state index contributed by atoms with van der Waals surface area (Å²) in [5, 5.41) is 25.7. The number of carbonyl (C=O) groups is 1. The number of nitrogens with one attached hydrogen (secondary N) is 2. The van der Waals surface area contributed by atoms with Crippen LogP contribution in [0.3, 0.4) is 0 Å². The normalized spacial score (nSPS) is 11.2. The molecule has 0 aliphatic carbocycles. The van der Waals surface area contributed by atoms with Gasteiger partial charge in [-0.3, -0.25) is 4.79 Å². The predicted octanol–water partition coefficient (Wildman–Crippen LogP) is 5.39. The van der Waals surface area contributed by atoms with Gasteiger partial charge in [-0.15, -0.1) is 10.2 Å². The van der Waals surface area contributed by atoms with Gasteiger partial charge in [-0.05, 0) is 54.7 Å². The van der Waals surface area contributed by atoms with E-state index in [2.05, 4.69) is 20.9 Å². The molecule has 0 spiro atoms. The van der Waals surface area contributed by atoms with Crippen LogP contribution in [0.2, 0.25) is 5.02 Å². The van der Waals surface area contributed by atoms with Crippen LogP contribution in [0.15, 0.2) is 81.6 Å². The van der Waals surface area contributed by atoms with Crippen LogP contribution in [-0.4, -0.2) is 20.7 Å². The molecule has 0 radical (unpaired) electrons. The zero-order chi connectivity index (χ0) is 22.5. The van der Waals surface area contributed by atoms with Crippen molar-refractivity contribution in [3.8, 4) is 5.88 Å². The van der Waals surface area contributed by atoms with Crippen molar-refractivity contribution < 1.29 is 14.3 Å². The predicted molar refractivity (Wildman–Crippen MR) is 126 cm³/mol. The zero-order valence-electron chi connectivity index (χ0n) is 16.7. The second-order valence-corrected chi connectivity index (χ2v) is 7.60. The highest BCUT2D eigenvalue weighted by molar-refractivity contribution is 7.80. The van der Waals surface area contributed by atoms with Gasteiger partial charge < -0.3 is 24.7 Å². The van der Waals surface area contributed by atoms with Crippen LogP contribution in [0, 0.1) is 0 Å². The summed E-state index contributed by atoms with van der Waals surface area (Å²) in [4.78, 5) is 12.6. The van der Waals surface area contributed by atoms with E-state index in [9.17, 15) is 9.90 Å². The Hall–Kier alpha value is -3.69. The van der Waals surface area contributed by atoms with Gasteiger partial charge >= 0.3 is 0 Å². The van der Waals surface area contributed by atoms with Gasteiger partial charge in [0.1, 0.15) is 12.3 Å². The molecule has 10 heteroatoms. The second-order valence-electron chi connectivity index (χ2n) is 6.77. The van der Waals surface area contributed by atoms with Gasteiger partial charge in [0.2, 0.25) is 16.9 Å². The van der Waals surface area contributed by atoms with E-state index >= 15 is 0 Å². The summed E-state index contributed by atoms with van der Waals surface area (Å²) < 4.78 is 6.67. The van der Waals surface area contributed by atoms with E-state index in [1.807, 2.05) is 18.2 Å². The molecule has 162 valence electrons. The van der Waals surface area contributed by atoms with Crippen molar-refractivity contribution in [2.45, 2.75) is 13.1 Å². The van der Waals surface area contributed by atoms with Crippen LogP contribution in [0.4, 0.5) is 11.4 Å². The van der Waals surface area contributed by atoms with E-state index in [-0.39, 0.29) is 29.1 Å². The lowest BCUT2D eigenvalue weighted by molar-refractivity contribution is -0.116. The summed E-state index contributed by atoms with van der Waals surface area (Å²) in [5.41, 5.74) is 1.40. The smallest absolute Gasteiger partial charge is 0.244 e. The molecule has 4 rings (SSSR count). The zero-order valence-corrected chi connectivity index (χ0v) is 18.2. The quantitative estimate of drug-likeness (QED) is 0.260. The first-order valence-electron chi connectivity index (χ1n) is 9.59. The van der Waals surface area contributed by atoms with Gasteiger partial charge in [0.15, 0.2) is 5.69 Å². The van der Waals surface area contributed by atoms with Crippen molar-refractivity contribution in [1.29, 1.82) is 0 Å². The highest BCUT2D eigenvalue weighted by Crippen LogP contribution is 2.40. The number of para-hydroxylation sites is 1. The highest BCUT2D eigenvalue weighted by Gasteiger charge is 2.19. The summed E-state index contributed by atoms with van der Waals surface area (Å²) in [5.74, 6) is 0.166. The number of halogens is 1. The van der Waals surface area contributed by atoms with Crippen LogP contribution in [-0.2, 0) is 17.9 Å². The van der Waals surface area contributed by atoms with Gasteiger partial charge in [0.25, 0.3) is 0 Å². The average Bonchev–Trinajstić information content (AvgIpc) is 3.38. The summed E-state index contributed by atoms with van der Waals surface area (Å²) >= 11 is 11.3. The average molecular weight is 468 g/mol. The maximum atomic E-state index is 12.6. The van der Waals surface area contributed by atoms with Gasteiger partial charge in [-0.1, -0.05) is 29.8 Å². The largest absolute Gasteiger partial charge is 0.493 e. The Bertz CT molecular complexity index is 1290. The molecule has 0 bridgehead atoms. The standard InChI is InChI=1S/C22H18ClN5O3S/c23-14-8-9-18-17(11-14)20(26-27-22(32)24-12-16-7-4-10-31-16)21(30)28(18)13-19(29)25-15-5-2-1-3-6-15/h1-11,30H,12-13H2,(H,24,32)(H,25,29). The number of thiocarbonyl (C=S) groups is 1. The number of amides is 1. The minimum absolute atomic E-state index is 0.116. The highest BCUT2D eigenvalue weighted by atomic mass is 35.5. The number of hydrogen-bond donors (Lipinski definition) is 3. The van der Waals surface area contributed by atoms with Crippen LogP contribution < -0.4 is 10.6 Å². The number of aromatic nitrogens is 1. The lowest BCUT2D eigenvalue weighted by Gasteiger charge is -2.08. The number of carbonyl (C=O) groups excluding carboxylic acids is 1. The number of fused-ring (bicyclic) bond motifs is 1. The summed E-state index contributed by atoms with van der Waals surface area (Å²) in [6, 6.07) is 17.7. The Labute approximate surface area is 193 Å². The molecule has 0 aliphatic rings. The Morgan fingerprint density at radius 2 is 1.97 bits per heavy atom. The van der Waals surface area contributed by atoms with Gasteiger partial charge in [0, 0.05) is 16.1 Å². The number of aromatic hydroxyl groups is 1. The Morgan fingerprint density at radius 1 is 1.16 bits per heavy atom. The van der Waals surface area contributed by atoms with Crippen LogP contribution >= 0.6 is 23.8 Å². The van der Waals surface area contributed by atoms with Crippen LogP contribution in [0.1, 0.15) is 5.76 Å². The topological polar surface area (TPSA) is 104 Å². The van der Waals surface area contributed by atoms with Crippen molar-refractivity contribution in [3.05, 3.63) is 77.7 Å². The molecule has 0 aliphatic heterocycles. The third kappa shape index (κ3) is 4.96. The Morgan fingerprint density at radius 3 is 2.72 bits per heavy atom. The van der Waals surface area contributed by atoms with Crippen molar-refractivity contribution in [2.75, 3.05) is 5.32 Å². The molecule has 2 aromatic heterocycles. The Kier molecular flexibility index (Phi) is 6.48. The van der Waals surface area contributed by atoms with E-state index in [0.29, 0.717) is 33.9 Å². The number of hydrogen-bond acceptors (Lipinski definition) is 5. The third-order valence-electron chi connectivity index (χ3n) is 4.57. The molecule has 0 atom stereocenters. The number of nitrogens with zero attached hydrogens (tertiary/aromatic N) is 3. The number of anilines is 1. The van der Waals surface area contributed by atoms with E-state index in [0.717, 1.165) is 0 Å². The number of benzene rings is 2. The molecule has 2 heterocycles. The molecule has 0 saturated carbocycles. The first kappa shape index (κ1) is 21.5. The fraction of sp³-hybridized carbons (Fsp3) is 0.0909. The van der Waals surface area contributed by atoms with Crippen LogP contribution in [0.25, 0.3) is 10.9 Å². The van der Waals surface area contributed by atoms with Gasteiger partial charge in [-0.25, -0.2) is 0 Å². The first-order chi connectivity index (χ1) is 15.5. The molecule has 0 fully saturated rings. The van der Waals surface area contributed by atoms with Crippen molar-refractivity contribution in [3.63, 3.8) is 0 Å². The summed E-state index contributed by atoms with van der Waals surface area (Å²) in [6.07, 6.45) is 1.56. The fourth-order valence-electron chi connectivity index (χ4n) is 3.13. The maximum Gasteiger partial charge on any atom is 0.244 e. The molecule has 32 heavy (non-hydrogen) atoms. The minimum Gasteiger partial charge on any atom is -0.493 e. The SMILES string of the molecule is O=C(Cn1c(O)c(N=NC(=S)NCc2ccco2)c2cc(Cl)ccc21)Nc1ccccc1. The molecule has 0 unspecified atom stereocenters. The second kappa shape index (κ2) is 9.63. The number of azo groups is 1. The van der Waals surface area contributed by atoms with Crippen molar-refractivity contribution >= 4 is 57.1 Å². The van der Waals surface area contributed by atoms with E-state index in [1.165, 1.54) is 4.57 Å². The lowest BCUT2D eigenvalue weighted by Crippen LogP contribution is -2.18. The van der Waals surface area contributed by atoms with E-state index < -0.39 is 0 Å². The molecule has 8 nitrogen and oxygen atoms in total. The van der Waals surface area contributed by atoms with E-state index in [4.69, 9.17) is 28.2 Å². The molecule has 1 amide bonds. The van der Waals surface area contributed by atoms with Crippen molar-refractivity contribution in [1.82, 2.24) is 9.88 Å². The molecule has 3 N–H and O–H groups in total. The monoisotopic (exact) mass is 467 g/mol. The number of rotatable bonds is 6. The fourth-order valence-corrected chi connectivity index (χ4v) is 3.41. The molecular formula is C22H18ClN5O3S. The minimum atomic E-state index is -0.308. The third-order valence-corrected chi connectivity index (χ3v) is 5.03. The van der Waals surface area contributed by atoms with Gasteiger partial charge in [0.05, 0.1) is 18.3 Å². The van der Waals surface area contributed by atoms with Gasteiger partial charge in [-0.2, -0.15) is 0 Å². The van der Waals surface area contributed by atoms with Crippen molar-refractivity contribution in [2.24, 2.45) is 10.2 Å². The molecular weight excluding hydrogens is 450 g/mol. The molecule has 4 aromatic rings. The lowest BCUT2D eigenvalue weighted by atomic mass is 10.2. The summed E-state index contributed by atoms with van der Waals surface area (Å²) in [6.45, 7) is 0.222. The maximum absolute atomic E-state index is 12.6. The van der Waals surface area contributed by atoms with Crippen LogP contribution in [0.5, 0.6) is 5.88 Å². The first-order valence-corrected chi connectivity index (χ1v) is 10.4. The number of furan rings is 1. The summed E-state index contributed by atoms with van der Waals surface area (Å²) in [7, 11) is 0. The Balaban J connectivity index is 1.57. The van der Waals surface area contributed by atoms with E-state index in [1.54, 1.807) is 48.7 Å². The molecule has 2 aromatic carbocycles.